The molecule has 52 valence electrons. The third-order valence-electron chi connectivity index (χ3n) is 0.667. The number of hydrogen-bond donors (Lipinski definition) is 1. The van der Waals surface area contributed by atoms with E-state index in [2.05, 4.69) is 33.0 Å². The number of hydrogen-bond acceptors (Lipinski definition) is 1. The monoisotopic (exact) mass is 179 g/mol. The predicted molar refractivity (Wildman–Crippen MR) is 44.7 cm³/mol. The van der Waals surface area contributed by atoms with Gasteiger partial charge in [0.2, 0.25) is 0 Å². The zero-order valence-electron chi connectivity index (χ0n) is 5.65. The van der Waals surface area contributed by atoms with Gasteiger partial charge in [0.15, 0.2) is 0 Å². The molecule has 0 amide bonds. The van der Waals surface area contributed by atoms with Crippen LogP contribution in [0.3, 0.4) is 0 Å². The van der Waals surface area contributed by atoms with Crippen molar-refractivity contribution in [2.24, 2.45) is 0 Å². The summed E-state index contributed by atoms with van der Waals surface area (Å²) in [6.45, 7) is 8.61. The number of rotatable bonds is 2. The topological polar surface area (TPSA) is 12.0 Å². The van der Waals surface area contributed by atoms with Crippen LogP contribution in [0.2, 0.25) is 0 Å². The summed E-state index contributed by atoms with van der Waals surface area (Å²) in [7, 11) is 0. The molecular formula is C6H19GeN. The average Bonchev–Trinajstić information content (AvgIpc) is 1.27. The second-order valence-corrected chi connectivity index (χ2v) is 2.48. The molecule has 0 saturated heterocycles. The molecule has 1 N–H and O–H groups in total. The van der Waals surface area contributed by atoms with Gasteiger partial charge in [-0.05, 0) is 0 Å². The van der Waals surface area contributed by atoms with Crippen molar-refractivity contribution >= 4 is 17.6 Å². The van der Waals surface area contributed by atoms with Gasteiger partial charge in [0.05, 0.1) is 0 Å². The Morgan fingerprint density at radius 2 is 1.12 bits per heavy atom. The second-order valence-electron chi connectivity index (χ2n) is 2.48. The molecule has 0 heterocycles. The van der Waals surface area contributed by atoms with E-state index in [1.165, 1.54) is 0 Å². The number of nitrogens with one attached hydrogen (secondary N) is 1. The van der Waals surface area contributed by atoms with Crippen LogP contribution in [-0.4, -0.2) is 29.7 Å². The van der Waals surface area contributed by atoms with Gasteiger partial charge in [0, 0.05) is 12.1 Å². The van der Waals surface area contributed by atoms with Crippen LogP contribution in [0.4, 0.5) is 0 Å². The van der Waals surface area contributed by atoms with Crippen LogP contribution in [0.1, 0.15) is 27.7 Å². The van der Waals surface area contributed by atoms with Crippen molar-refractivity contribution in [3.63, 3.8) is 0 Å². The first kappa shape index (κ1) is 11.3. The van der Waals surface area contributed by atoms with Gasteiger partial charge in [0.1, 0.15) is 0 Å². The Morgan fingerprint density at radius 3 is 1.12 bits per heavy atom. The summed E-state index contributed by atoms with van der Waals surface area (Å²) in [6, 6.07) is 1.25. The van der Waals surface area contributed by atoms with E-state index in [-0.39, 0.29) is 17.6 Å². The summed E-state index contributed by atoms with van der Waals surface area (Å²) < 4.78 is 0. The molecule has 8 heavy (non-hydrogen) atoms. The molecule has 0 fully saturated rings. The molecule has 0 aliphatic heterocycles. The maximum absolute atomic E-state index is 3.31. The van der Waals surface area contributed by atoms with E-state index in [1.807, 2.05) is 0 Å². The van der Waals surface area contributed by atoms with Gasteiger partial charge in [-0.25, -0.2) is 0 Å². The zero-order valence-corrected chi connectivity index (χ0v) is 5.65. The molecule has 0 unspecified atom stereocenters. The van der Waals surface area contributed by atoms with Crippen molar-refractivity contribution in [1.82, 2.24) is 5.32 Å². The molecule has 0 aliphatic carbocycles. The van der Waals surface area contributed by atoms with Crippen molar-refractivity contribution in [3.8, 4) is 0 Å². The summed E-state index contributed by atoms with van der Waals surface area (Å²) >= 11 is 0. The molecule has 0 atom stereocenters. The van der Waals surface area contributed by atoms with E-state index >= 15 is 0 Å². The molecule has 0 aromatic carbocycles. The van der Waals surface area contributed by atoms with Crippen molar-refractivity contribution in [2.45, 2.75) is 39.8 Å². The summed E-state index contributed by atoms with van der Waals surface area (Å²) in [4.78, 5) is 0. The van der Waals surface area contributed by atoms with Gasteiger partial charge in [-0.15, -0.1) is 0 Å². The Balaban J connectivity index is 0. The third kappa shape index (κ3) is 9.71. The van der Waals surface area contributed by atoms with Crippen LogP contribution >= 0.6 is 0 Å². The Kier molecular flexibility index (Phi) is 7.97. The molecule has 0 aromatic heterocycles. The van der Waals surface area contributed by atoms with E-state index < -0.39 is 0 Å². The van der Waals surface area contributed by atoms with Crippen molar-refractivity contribution in [1.29, 1.82) is 0 Å². The van der Waals surface area contributed by atoms with E-state index in [0.717, 1.165) is 0 Å². The van der Waals surface area contributed by atoms with Gasteiger partial charge >= 0.3 is 17.6 Å². The summed E-state index contributed by atoms with van der Waals surface area (Å²) in [5.41, 5.74) is 0. The predicted octanol–water partition coefficient (Wildman–Crippen LogP) is -0.0588. The standard InChI is InChI=1S/C6H15N.GeH4/c1-5(2)7-6(3)4;/h5-7H,1-4H3;1H4. The van der Waals surface area contributed by atoms with Crippen LogP contribution < -0.4 is 5.32 Å². The van der Waals surface area contributed by atoms with Crippen molar-refractivity contribution in [3.05, 3.63) is 0 Å². The van der Waals surface area contributed by atoms with Crippen LogP contribution in [0, 0.1) is 0 Å². The van der Waals surface area contributed by atoms with Crippen LogP contribution in [0.5, 0.6) is 0 Å². The molecule has 1 nitrogen and oxygen atoms in total. The van der Waals surface area contributed by atoms with Crippen molar-refractivity contribution in [2.75, 3.05) is 0 Å². The molecule has 0 bridgehead atoms. The Bertz CT molecular complexity index is 37.8. The maximum atomic E-state index is 3.31. The summed E-state index contributed by atoms with van der Waals surface area (Å²) in [5, 5.41) is 3.31. The van der Waals surface area contributed by atoms with Crippen LogP contribution in [0.25, 0.3) is 0 Å². The van der Waals surface area contributed by atoms with Crippen molar-refractivity contribution < 1.29 is 0 Å². The van der Waals surface area contributed by atoms with Gasteiger partial charge in [0.25, 0.3) is 0 Å². The van der Waals surface area contributed by atoms with Gasteiger partial charge < -0.3 is 5.32 Å². The van der Waals surface area contributed by atoms with Gasteiger partial charge in [-0.2, -0.15) is 0 Å². The molecule has 0 spiro atoms. The minimum atomic E-state index is 0. The molecule has 0 radical (unpaired) electrons. The zero-order chi connectivity index (χ0) is 5.86. The molecule has 0 saturated carbocycles. The Hall–Kier alpha value is 0.503. The third-order valence-corrected chi connectivity index (χ3v) is 0.667. The van der Waals surface area contributed by atoms with E-state index in [0.29, 0.717) is 12.1 Å². The fraction of sp³-hybridized carbons (Fsp3) is 1.00. The minimum absolute atomic E-state index is 0. The SMILES string of the molecule is CC(C)NC(C)C.[GeH4]. The van der Waals surface area contributed by atoms with E-state index in [9.17, 15) is 0 Å². The first-order valence-corrected chi connectivity index (χ1v) is 2.89. The van der Waals surface area contributed by atoms with Gasteiger partial charge in [-0.3, -0.25) is 0 Å². The second kappa shape index (κ2) is 5.64. The fourth-order valence-electron chi connectivity index (χ4n) is 0.667. The Labute approximate surface area is 63.2 Å². The molecule has 0 aliphatic rings. The summed E-state index contributed by atoms with van der Waals surface area (Å²) in [5.74, 6) is 0. The van der Waals surface area contributed by atoms with Crippen LogP contribution in [0.15, 0.2) is 0 Å². The molecule has 0 rings (SSSR count). The quantitative estimate of drug-likeness (QED) is 0.584. The molecule has 0 aromatic rings. The molecular weight excluding hydrogens is 159 g/mol. The normalized spacial score (nSPS) is 9.75. The molecule has 2 heteroatoms. The van der Waals surface area contributed by atoms with E-state index in [4.69, 9.17) is 0 Å². The summed E-state index contributed by atoms with van der Waals surface area (Å²) in [6.07, 6.45) is 0. The van der Waals surface area contributed by atoms with Crippen LogP contribution in [-0.2, 0) is 0 Å². The Morgan fingerprint density at radius 1 is 0.875 bits per heavy atom. The first-order chi connectivity index (χ1) is 3.13. The fourth-order valence-corrected chi connectivity index (χ4v) is 0.667. The average molecular weight is 178 g/mol. The van der Waals surface area contributed by atoms with Gasteiger partial charge in [-0.1, -0.05) is 27.7 Å². The van der Waals surface area contributed by atoms with E-state index in [1.54, 1.807) is 0 Å². The first-order valence-electron chi connectivity index (χ1n) is 2.89.